The summed E-state index contributed by atoms with van der Waals surface area (Å²) in [5.41, 5.74) is 1.61. The van der Waals surface area contributed by atoms with Gasteiger partial charge in [0.15, 0.2) is 0 Å². The number of furan rings is 2. The topological polar surface area (TPSA) is 120 Å². The molecule has 0 aromatic carbocycles. The number of methoxy groups -OCH3 is 2. The van der Waals surface area contributed by atoms with E-state index in [0.717, 1.165) is 85.4 Å². The van der Waals surface area contributed by atoms with E-state index in [2.05, 4.69) is 0 Å². The van der Waals surface area contributed by atoms with Crippen molar-refractivity contribution < 1.29 is 37.5 Å². The molecule has 0 fully saturated rings. The van der Waals surface area contributed by atoms with Crippen molar-refractivity contribution in [2.24, 2.45) is 0 Å². The number of hydrogen-bond acceptors (Lipinski definition) is 10. The van der Waals surface area contributed by atoms with Crippen LogP contribution in [0.1, 0.15) is 102 Å². The van der Waals surface area contributed by atoms with E-state index in [1.807, 2.05) is 13.8 Å². The Morgan fingerprint density at radius 1 is 0.640 bits per heavy atom. The van der Waals surface area contributed by atoms with Gasteiger partial charge in [-0.1, -0.05) is 74.9 Å². The molecule has 0 saturated heterocycles. The van der Waals surface area contributed by atoms with Gasteiger partial charge in [-0.15, -0.1) is 0 Å². The molecule has 0 bridgehead atoms. The zero-order chi connectivity index (χ0) is 36.4. The lowest BCUT2D eigenvalue weighted by Gasteiger charge is -2.21. The first kappa shape index (κ1) is 43.1. The van der Waals surface area contributed by atoms with Crippen molar-refractivity contribution in [3.8, 4) is 0 Å². The Morgan fingerprint density at radius 2 is 1.00 bits per heavy atom. The standard InChI is InChI=1S/C38H56N2O8S2/c1-31(35(19-25-45-3)49-37(43)27-33-17-15-23-47-33)39(29-41)21-13-11-9-7-5-6-8-10-12-14-22-40(30-42)32(2)36(20-26-46-4)50-38(44)28-34-18-16-24-48-34/h15-18,23-24,29-30H,5-14,19-22,25-28H2,1-4H3/b35-31-,36-32-. The number of nitrogens with zero attached hydrogens (tertiary/aromatic N) is 2. The van der Waals surface area contributed by atoms with Gasteiger partial charge in [0.05, 0.1) is 38.6 Å². The van der Waals surface area contributed by atoms with Gasteiger partial charge in [-0.05, 0) is 51.0 Å². The molecule has 2 amide bonds. The number of amides is 2. The molecule has 2 aromatic rings. The monoisotopic (exact) mass is 732 g/mol. The highest BCUT2D eigenvalue weighted by Crippen LogP contribution is 2.29. The second kappa shape index (κ2) is 26.7. The fourth-order valence-corrected chi connectivity index (χ4v) is 7.24. The van der Waals surface area contributed by atoms with Gasteiger partial charge >= 0.3 is 0 Å². The highest BCUT2D eigenvalue weighted by molar-refractivity contribution is 8.17. The van der Waals surface area contributed by atoms with Gasteiger partial charge in [0.1, 0.15) is 11.5 Å². The van der Waals surface area contributed by atoms with E-state index in [9.17, 15) is 19.2 Å². The predicted molar refractivity (Wildman–Crippen MR) is 200 cm³/mol. The van der Waals surface area contributed by atoms with Crippen LogP contribution in [0.2, 0.25) is 0 Å². The second-order valence-electron chi connectivity index (χ2n) is 12.1. The maximum Gasteiger partial charge on any atom is 0.213 e. The van der Waals surface area contributed by atoms with Crippen molar-refractivity contribution in [1.82, 2.24) is 9.80 Å². The van der Waals surface area contributed by atoms with Crippen molar-refractivity contribution in [1.29, 1.82) is 0 Å². The maximum absolute atomic E-state index is 12.6. The second-order valence-corrected chi connectivity index (χ2v) is 14.4. The highest BCUT2D eigenvalue weighted by Gasteiger charge is 2.17. The van der Waals surface area contributed by atoms with Crippen LogP contribution in [0, 0.1) is 0 Å². The Bertz CT molecular complexity index is 1210. The van der Waals surface area contributed by atoms with E-state index in [0.29, 0.717) is 50.7 Å². The van der Waals surface area contributed by atoms with Crippen molar-refractivity contribution in [3.05, 3.63) is 69.5 Å². The van der Waals surface area contributed by atoms with E-state index in [1.54, 1.807) is 60.8 Å². The Balaban J connectivity index is 1.65. The van der Waals surface area contributed by atoms with Crippen LogP contribution in [0.25, 0.3) is 0 Å². The number of carbonyl (C=O) groups is 4. The number of ether oxygens (including phenoxy) is 2. The molecule has 0 spiro atoms. The molecule has 0 aliphatic rings. The van der Waals surface area contributed by atoms with Crippen molar-refractivity contribution in [2.45, 2.75) is 104 Å². The normalized spacial score (nSPS) is 12.3. The molecule has 2 rings (SSSR count). The summed E-state index contributed by atoms with van der Waals surface area (Å²) in [7, 11) is 3.25. The van der Waals surface area contributed by atoms with E-state index in [1.165, 1.54) is 36.4 Å². The minimum Gasteiger partial charge on any atom is -0.469 e. The van der Waals surface area contributed by atoms with Gasteiger partial charge in [0, 0.05) is 61.4 Å². The molecule has 0 radical (unpaired) electrons. The average Bonchev–Trinajstić information content (AvgIpc) is 3.83. The highest BCUT2D eigenvalue weighted by atomic mass is 32.2. The van der Waals surface area contributed by atoms with Crippen LogP contribution in [-0.2, 0) is 41.5 Å². The molecule has 0 saturated carbocycles. The first-order chi connectivity index (χ1) is 24.3. The molecule has 12 heteroatoms. The number of unbranched alkanes of at least 4 members (excludes halogenated alkanes) is 9. The van der Waals surface area contributed by atoms with Gasteiger partial charge in [0.25, 0.3) is 0 Å². The number of hydrogen-bond donors (Lipinski definition) is 0. The van der Waals surface area contributed by atoms with Crippen molar-refractivity contribution in [3.63, 3.8) is 0 Å². The lowest BCUT2D eigenvalue weighted by molar-refractivity contribution is -0.117. The fourth-order valence-electron chi connectivity index (χ4n) is 5.36. The summed E-state index contributed by atoms with van der Waals surface area (Å²) in [5.74, 6) is 1.25. The molecule has 0 N–H and O–H groups in total. The third-order valence-corrected chi connectivity index (χ3v) is 10.5. The molecular formula is C38H56N2O8S2. The molecule has 0 aliphatic carbocycles. The summed E-state index contributed by atoms with van der Waals surface area (Å²) in [6.45, 7) is 5.99. The number of rotatable bonds is 29. The third kappa shape index (κ3) is 17.7. The van der Waals surface area contributed by atoms with Crippen LogP contribution >= 0.6 is 23.5 Å². The van der Waals surface area contributed by atoms with Gasteiger partial charge < -0.3 is 28.1 Å². The average molecular weight is 733 g/mol. The lowest BCUT2D eigenvalue weighted by Crippen LogP contribution is -2.22. The Labute approximate surface area is 306 Å². The maximum atomic E-state index is 12.6. The molecule has 0 unspecified atom stereocenters. The van der Waals surface area contributed by atoms with Crippen LogP contribution < -0.4 is 0 Å². The summed E-state index contributed by atoms with van der Waals surface area (Å²) in [4.78, 5) is 54.2. The van der Waals surface area contributed by atoms with Crippen LogP contribution in [-0.4, -0.2) is 73.4 Å². The smallest absolute Gasteiger partial charge is 0.213 e. The summed E-state index contributed by atoms with van der Waals surface area (Å²) >= 11 is 2.33. The van der Waals surface area contributed by atoms with Crippen LogP contribution in [0.15, 0.2) is 66.8 Å². The number of carbonyl (C=O) groups excluding carboxylic acids is 4. The first-order valence-electron chi connectivity index (χ1n) is 17.6. The molecule has 0 atom stereocenters. The lowest BCUT2D eigenvalue weighted by atomic mass is 10.1. The third-order valence-electron chi connectivity index (χ3n) is 8.31. The van der Waals surface area contributed by atoms with E-state index >= 15 is 0 Å². The quantitative estimate of drug-likeness (QED) is 0.0595. The van der Waals surface area contributed by atoms with Crippen molar-refractivity contribution in [2.75, 3.05) is 40.5 Å². The Kier molecular flexibility index (Phi) is 23.0. The number of thioether (sulfide) groups is 2. The van der Waals surface area contributed by atoms with Gasteiger partial charge in [-0.2, -0.15) is 0 Å². The van der Waals surface area contributed by atoms with Crippen molar-refractivity contribution >= 4 is 46.6 Å². The van der Waals surface area contributed by atoms with E-state index < -0.39 is 0 Å². The first-order valence-corrected chi connectivity index (χ1v) is 19.2. The SMILES string of the molecule is COCC/C(SC(=O)Cc1ccco1)=C(\C)N(C=O)CCCCCCCCCCCCN(C=O)/C(C)=C(/CCOC)SC(=O)Cc1ccco1. The Morgan fingerprint density at radius 3 is 1.30 bits per heavy atom. The predicted octanol–water partition coefficient (Wildman–Crippen LogP) is 8.53. The molecule has 2 heterocycles. The summed E-state index contributed by atoms with van der Waals surface area (Å²) in [5, 5.41) is -0.0550. The van der Waals surface area contributed by atoms with Gasteiger partial charge in [0.2, 0.25) is 23.1 Å². The van der Waals surface area contributed by atoms with Crippen LogP contribution in [0.4, 0.5) is 0 Å². The molecular weight excluding hydrogens is 677 g/mol. The minimum atomic E-state index is -0.0275. The molecule has 0 aliphatic heterocycles. The van der Waals surface area contributed by atoms with Crippen LogP contribution in [0.5, 0.6) is 0 Å². The van der Waals surface area contributed by atoms with E-state index in [4.69, 9.17) is 18.3 Å². The van der Waals surface area contributed by atoms with Crippen LogP contribution in [0.3, 0.4) is 0 Å². The zero-order valence-electron chi connectivity index (χ0n) is 30.3. The molecule has 2 aromatic heterocycles. The minimum absolute atomic E-state index is 0.0275. The van der Waals surface area contributed by atoms with Gasteiger partial charge in [-0.3, -0.25) is 19.2 Å². The molecule has 278 valence electrons. The van der Waals surface area contributed by atoms with E-state index in [-0.39, 0.29) is 23.1 Å². The fraction of sp³-hybridized carbons (Fsp3) is 0.579. The Hall–Kier alpha value is -3.06. The molecule has 50 heavy (non-hydrogen) atoms. The summed E-state index contributed by atoms with van der Waals surface area (Å²) in [6, 6.07) is 7.10. The molecule has 10 nitrogen and oxygen atoms in total. The summed E-state index contributed by atoms with van der Waals surface area (Å²) in [6.07, 6.45) is 17.2. The largest absolute Gasteiger partial charge is 0.469 e. The summed E-state index contributed by atoms with van der Waals surface area (Å²) < 4.78 is 21.1. The zero-order valence-corrected chi connectivity index (χ0v) is 32.0. The number of allylic oxidation sites excluding steroid dienone is 2. The van der Waals surface area contributed by atoms with Gasteiger partial charge in [-0.25, -0.2) is 0 Å².